The van der Waals surface area contributed by atoms with Crippen molar-refractivity contribution in [3.63, 3.8) is 0 Å². The van der Waals surface area contributed by atoms with Crippen molar-refractivity contribution in [3.8, 4) is 17.2 Å². The van der Waals surface area contributed by atoms with Crippen LogP contribution in [0.5, 0.6) is 17.2 Å². The number of ether oxygens (including phenoxy) is 2. The summed E-state index contributed by atoms with van der Waals surface area (Å²) in [5.74, 6) is -4.72. The van der Waals surface area contributed by atoms with Gasteiger partial charge in [-0.1, -0.05) is 60.2 Å². The van der Waals surface area contributed by atoms with Gasteiger partial charge in [0.05, 0.1) is 49.3 Å². The van der Waals surface area contributed by atoms with Crippen molar-refractivity contribution in [2.45, 2.75) is 12.8 Å². The first kappa shape index (κ1) is 37.4. The maximum Gasteiger partial charge on any atom is 0.238 e. The number of nitrogens with one attached hydrogen (secondary N) is 2. The van der Waals surface area contributed by atoms with Crippen molar-refractivity contribution in [3.05, 3.63) is 145 Å². The molecule has 6 atom stereocenters. The topological polar surface area (TPSA) is 138 Å². The Kier molecular flexibility index (Phi) is 9.72. The van der Waals surface area contributed by atoms with Crippen LogP contribution in [-0.2, 0) is 19.2 Å². The number of aromatic hydroxyl groups is 1. The Hall–Kier alpha value is -7.14. The van der Waals surface area contributed by atoms with Gasteiger partial charge in [-0.15, -0.1) is 0 Å². The lowest BCUT2D eigenvalue weighted by Gasteiger charge is -2.42. The first-order chi connectivity index (χ1) is 28.7. The molecule has 59 heavy (non-hydrogen) atoms. The first-order valence-electron chi connectivity index (χ1n) is 19.7. The molecule has 0 spiro atoms. The Morgan fingerprint density at radius 3 is 1.58 bits per heavy atom. The number of carbonyl (C=O) groups excluding carboxylic acids is 4. The summed E-state index contributed by atoms with van der Waals surface area (Å²) >= 11 is 0. The van der Waals surface area contributed by atoms with Gasteiger partial charge >= 0.3 is 0 Å². The van der Waals surface area contributed by atoms with Crippen LogP contribution in [0.25, 0.3) is 6.08 Å². The molecule has 3 N–H and O–H groups in total. The van der Waals surface area contributed by atoms with Gasteiger partial charge in [0.1, 0.15) is 0 Å². The van der Waals surface area contributed by atoms with Crippen LogP contribution in [0.1, 0.15) is 18.4 Å². The van der Waals surface area contributed by atoms with Crippen molar-refractivity contribution in [2.24, 2.45) is 35.5 Å². The summed E-state index contributed by atoms with van der Waals surface area (Å²) < 4.78 is 10.8. The lowest BCUT2D eigenvalue weighted by molar-refractivity contribution is -0.126. The molecule has 4 aliphatic rings. The SMILES string of the molecule is COc1cc(C=CC2C3=CCC4C(=O)N(c5ccc(Nc6ccccc6)cc5)C(=O)C4C3CC3C(=O)N(c4ccc(Nc5ccccc5)cc4)C(=O)C23)cc(OC)c1O. The molecule has 9 rings (SSSR count). The van der Waals surface area contributed by atoms with E-state index in [2.05, 4.69) is 10.6 Å². The molecule has 11 nitrogen and oxygen atoms in total. The number of phenols is 1. The number of methoxy groups -OCH3 is 2. The maximum atomic E-state index is 14.6. The highest BCUT2D eigenvalue weighted by atomic mass is 16.5. The average Bonchev–Trinajstić information content (AvgIpc) is 3.67. The molecule has 2 aliphatic heterocycles. The van der Waals surface area contributed by atoms with Gasteiger partial charge in [0.2, 0.25) is 29.4 Å². The van der Waals surface area contributed by atoms with Crippen LogP contribution >= 0.6 is 0 Å². The van der Waals surface area contributed by atoms with Crippen molar-refractivity contribution < 1.29 is 33.8 Å². The largest absolute Gasteiger partial charge is 0.502 e. The fourth-order valence-corrected chi connectivity index (χ4v) is 9.35. The van der Waals surface area contributed by atoms with Gasteiger partial charge < -0.3 is 25.2 Å². The van der Waals surface area contributed by atoms with Gasteiger partial charge in [-0.25, -0.2) is 0 Å². The molecular weight excluding hydrogens is 745 g/mol. The quantitative estimate of drug-likeness (QED) is 0.0941. The zero-order valence-corrected chi connectivity index (χ0v) is 32.4. The van der Waals surface area contributed by atoms with Gasteiger partial charge in [0.25, 0.3) is 0 Å². The molecule has 5 aromatic rings. The number of rotatable bonds is 10. The minimum Gasteiger partial charge on any atom is -0.502 e. The minimum atomic E-state index is -0.742. The van der Waals surface area contributed by atoms with Crippen LogP contribution in [0.4, 0.5) is 34.1 Å². The number of nitrogens with zero attached hydrogens (tertiary/aromatic N) is 2. The fourth-order valence-electron chi connectivity index (χ4n) is 9.35. The highest BCUT2D eigenvalue weighted by Crippen LogP contribution is 2.56. The van der Waals surface area contributed by atoms with Crippen LogP contribution in [0, 0.1) is 35.5 Å². The Labute approximate surface area is 341 Å². The van der Waals surface area contributed by atoms with Crippen molar-refractivity contribution in [1.29, 1.82) is 0 Å². The number of hydrogen-bond donors (Lipinski definition) is 3. The van der Waals surface area contributed by atoms with E-state index in [1.54, 1.807) is 36.4 Å². The van der Waals surface area contributed by atoms with E-state index >= 15 is 0 Å². The second-order valence-corrected chi connectivity index (χ2v) is 15.3. The molecule has 0 radical (unpaired) electrons. The van der Waals surface area contributed by atoms with Crippen LogP contribution in [0.3, 0.4) is 0 Å². The Bertz CT molecular complexity index is 2480. The normalized spacial score (nSPS) is 23.5. The van der Waals surface area contributed by atoms with Crippen LogP contribution in [0.2, 0.25) is 0 Å². The van der Waals surface area contributed by atoms with Crippen LogP contribution < -0.4 is 29.9 Å². The molecule has 0 bridgehead atoms. The number of imide groups is 2. The van der Waals surface area contributed by atoms with Crippen molar-refractivity contribution in [2.75, 3.05) is 34.7 Å². The molecule has 4 amide bonds. The summed E-state index contributed by atoms with van der Waals surface area (Å²) in [6.07, 6.45) is 6.33. The molecule has 2 heterocycles. The smallest absolute Gasteiger partial charge is 0.238 e. The predicted molar refractivity (Wildman–Crippen MR) is 226 cm³/mol. The summed E-state index contributed by atoms with van der Waals surface area (Å²) in [5.41, 5.74) is 5.89. The average molecular weight is 787 g/mol. The predicted octanol–water partition coefficient (Wildman–Crippen LogP) is 8.49. The van der Waals surface area contributed by atoms with E-state index in [1.165, 1.54) is 24.0 Å². The van der Waals surface area contributed by atoms with E-state index in [0.717, 1.165) is 28.3 Å². The molecule has 2 saturated heterocycles. The van der Waals surface area contributed by atoms with E-state index < -0.39 is 35.5 Å². The van der Waals surface area contributed by atoms with Gasteiger partial charge in [0.15, 0.2) is 11.5 Å². The highest BCUT2D eigenvalue weighted by Gasteiger charge is 2.61. The Morgan fingerprint density at radius 1 is 0.593 bits per heavy atom. The van der Waals surface area contributed by atoms with E-state index in [9.17, 15) is 24.3 Å². The number of benzene rings is 5. The second-order valence-electron chi connectivity index (χ2n) is 15.3. The first-order valence-corrected chi connectivity index (χ1v) is 19.7. The van der Waals surface area contributed by atoms with Crippen LogP contribution in [-0.4, -0.2) is 43.0 Å². The zero-order chi connectivity index (χ0) is 40.8. The van der Waals surface area contributed by atoms with Gasteiger partial charge in [-0.3, -0.25) is 29.0 Å². The lowest BCUT2D eigenvalue weighted by Crippen LogP contribution is -2.43. The summed E-state index contributed by atoms with van der Waals surface area (Å²) in [7, 11) is 2.89. The number of anilines is 6. The van der Waals surface area contributed by atoms with Crippen molar-refractivity contribution in [1.82, 2.24) is 0 Å². The standard InChI is InChI=1S/C48H42N4O7/c1-58-40-25-28(26-41(59-2)44(40)53)13-22-36-35-23-24-37-43(48(57)51(45(37)54)33-18-14-31(15-19-33)49-29-9-5-3-6-10-29)38(35)27-39-42(36)47(56)52(46(39)55)34-20-16-32(17-21-34)50-30-11-7-4-8-12-30/h3-23,25-26,36-39,42-43,49-50,53H,24,27H2,1-2H3. The second kappa shape index (κ2) is 15.3. The number of fused-ring (bicyclic) bond motifs is 4. The molecule has 11 heteroatoms. The summed E-state index contributed by atoms with van der Waals surface area (Å²) in [6, 6.07) is 37.2. The number of carbonyl (C=O) groups is 4. The van der Waals surface area contributed by atoms with E-state index in [1.807, 2.05) is 103 Å². The molecule has 1 saturated carbocycles. The van der Waals surface area contributed by atoms with Crippen LogP contribution in [0.15, 0.2) is 139 Å². The molecule has 0 aromatic heterocycles. The lowest BCUT2D eigenvalue weighted by atomic mass is 9.58. The van der Waals surface area contributed by atoms with E-state index in [0.29, 0.717) is 23.4 Å². The summed E-state index contributed by atoms with van der Waals surface area (Å²) in [5, 5.41) is 17.2. The van der Waals surface area contributed by atoms with Gasteiger partial charge in [-0.05, 0) is 109 Å². The molecule has 2 aliphatic carbocycles. The maximum absolute atomic E-state index is 14.6. The number of para-hydroxylation sites is 2. The molecule has 6 unspecified atom stereocenters. The van der Waals surface area contributed by atoms with E-state index in [4.69, 9.17) is 9.47 Å². The third kappa shape index (κ3) is 6.68. The third-order valence-corrected chi connectivity index (χ3v) is 12.1. The minimum absolute atomic E-state index is 0.140. The molecule has 3 fully saturated rings. The van der Waals surface area contributed by atoms with E-state index in [-0.39, 0.29) is 47.3 Å². The monoisotopic (exact) mass is 786 g/mol. The number of phenolic OH excluding ortho intramolecular Hbond substituents is 1. The van der Waals surface area contributed by atoms with Gasteiger partial charge in [0, 0.05) is 28.7 Å². The highest BCUT2D eigenvalue weighted by molar-refractivity contribution is 6.24. The molecular formula is C48H42N4O7. The molecule has 5 aromatic carbocycles. The Morgan fingerprint density at radius 2 is 1.07 bits per heavy atom. The fraction of sp³-hybridized carbons (Fsp3) is 0.208. The van der Waals surface area contributed by atoms with Gasteiger partial charge in [-0.2, -0.15) is 0 Å². The Balaban J connectivity index is 1.04. The molecule has 296 valence electrons. The number of hydrogen-bond acceptors (Lipinski definition) is 9. The van der Waals surface area contributed by atoms with Crippen molar-refractivity contribution >= 4 is 63.8 Å². The summed E-state index contributed by atoms with van der Waals surface area (Å²) in [4.78, 5) is 60.4. The third-order valence-electron chi connectivity index (χ3n) is 12.1. The summed E-state index contributed by atoms with van der Waals surface area (Å²) in [6.45, 7) is 0. The number of allylic oxidation sites excluding steroid dienone is 3. The zero-order valence-electron chi connectivity index (χ0n) is 32.4. The number of amides is 4.